The first-order valence-electron chi connectivity index (χ1n) is 8.20. The van der Waals surface area contributed by atoms with Gasteiger partial charge >= 0.3 is 0 Å². The van der Waals surface area contributed by atoms with Crippen LogP contribution in [0.5, 0.6) is 0 Å². The fourth-order valence-corrected chi connectivity index (χ4v) is 6.06. The standard InChI is InChI=1S/C17H30O2S/c1-15(2)14(16(15,3)4)13(18)12-5-8-19-17(11-12)6-9-20-10-7-17/h12-14,18H,5-11H2,1-4H3. The van der Waals surface area contributed by atoms with Gasteiger partial charge in [0.15, 0.2) is 0 Å². The summed E-state index contributed by atoms with van der Waals surface area (Å²) in [5.74, 6) is 3.35. The molecular weight excluding hydrogens is 268 g/mol. The van der Waals surface area contributed by atoms with Crippen LogP contribution in [0.2, 0.25) is 0 Å². The highest BCUT2D eigenvalue weighted by Gasteiger charge is 2.68. The number of hydrogen-bond acceptors (Lipinski definition) is 3. The largest absolute Gasteiger partial charge is 0.393 e. The lowest BCUT2D eigenvalue weighted by Gasteiger charge is -2.44. The van der Waals surface area contributed by atoms with Gasteiger partial charge in [0.05, 0.1) is 11.7 Å². The Hall–Kier alpha value is 0.270. The molecule has 1 saturated carbocycles. The molecule has 3 aliphatic rings. The molecule has 2 saturated heterocycles. The summed E-state index contributed by atoms with van der Waals surface area (Å²) >= 11 is 2.05. The third-order valence-corrected chi connectivity index (χ3v) is 7.88. The van der Waals surface area contributed by atoms with Crippen LogP contribution in [0.15, 0.2) is 0 Å². The van der Waals surface area contributed by atoms with Gasteiger partial charge in [0.2, 0.25) is 0 Å². The van der Waals surface area contributed by atoms with E-state index < -0.39 is 0 Å². The first kappa shape index (κ1) is 15.2. The van der Waals surface area contributed by atoms with E-state index in [0.29, 0.717) is 11.8 Å². The molecule has 0 aromatic heterocycles. The second-order valence-electron chi connectivity index (χ2n) is 8.31. The zero-order valence-corrected chi connectivity index (χ0v) is 14.3. The van der Waals surface area contributed by atoms with E-state index in [2.05, 4.69) is 27.7 Å². The van der Waals surface area contributed by atoms with E-state index in [1.54, 1.807) is 0 Å². The number of aliphatic hydroxyl groups is 1. The highest BCUT2D eigenvalue weighted by Crippen LogP contribution is 2.70. The van der Waals surface area contributed by atoms with Crippen molar-refractivity contribution in [3.05, 3.63) is 0 Å². The van der Waals surface area contributed by atoms with Crippen LogP contribution >= 0.6 is 11.8 Å². The van der Waals surface area contributed by atoms with Crippen molar-refractivity contribution in [2.75, 3.05) is 18.1 Å². The van der Waals surface area contributed by atoms with Crippen molar-refractivity contribution in [1.82, 2.24) is 0 Å². The molecule has 116 valence electrons. The molecule has 1 spiro atoms. The number of rotatable bonds is 2. The molecule has 0 aromatic rings. The summed E-state index contributed by atoms with van der Waals surface area (Å²) in [7, 11) is 0. The molecule has 1 aliphatic carbocycles. The summed E-state index contributed by atoms with van der Waals surface area (Å²) in [6.45, 7) is 10.1. The van der Waals surface area contributed by atoms with Crippen LogP contribution in [0, 0.1) is 22.7 Å². The number of ether oxygens (including phenoxy) is 1. The first-order valence-corrected chi connectivity index (χ1v) is 9.35. The third-order valence-electron chi connectivity index (χ3n) is 6.89. The van der Waals surface area contributed by atoms with Gasteiger partial charge in [0.1, 0.15) is 0 Å². The smallest absolute Gasteiger partial charge is 0.0701 e. The molecule has 2 nitrogen and oxygen atoms in total. The zero-order chi connectivity index (χ0) is 14.6. The van der Waals surface area contributed by atoms with E-state index in [1.807, 2.05) is 11.8 Å². The average Bonchev–Trinajstić information content (AvgIpc) is 2.80. The molecule has 3 fully saturated rings. The zero-order valence-electron chi connectivity index (χ0n) is 13.4. The lowest BCUT2D eigenvalue weighted by molar-refractivity contribution is -0.124. The van der Waals surface area contributed by atoms with E-state index in [9.17, 15) is 5.11 Å². The third kappa shape index (κ3) is 2.24. The van der Waals surface area contributed by atoms with Gasteiger partial charge in [-0.2, -0.15) is 11.8 Å². The minimum Gasteiger partial charge on any atom is -0.393 e. The van der Waals surface area contributed by atoms with Gasteiger partial charge in [-0.3, -0.25) is 0 Å². The highest BCUT2D eigenvalue weighted by atomic mass is 32.2. The quantitative estimate of drug-likeness (QED) is 0.842. The molecule has 2 unspecified atom stereocenters. The fraction of sp³-hybridized carbons (Fsp3) is 1.00. The molecule has 0 radical (unpaired) electrons. The van der Waals surface area contributed by atoms with Gasteiger partial charge in [-0.25, -0.2) is 0 Å². The van der Waals surface area contributed by atoms with Crippen LogP contribution in [-0.4, -0.2) is 34.9 Å². The monoisotopic (exact) mass is 298 g/mol. The minimum absolute atomic E-state index is 0.0956. The lowest BCUT2D eigenvalue weighted by atomic mass is 9.77. The predicted octanol–water partition coefficient (Wildman–Crippen LogP) is 3.72. The molecular formula is C17H30O2S. The first-order chi connectivity index (χ1) is 9.30. The molecule has 0 aromatic carbocycles. The van der Waals surface area contributed by atoms with Crippen LogP contribution in [0.25, 0.3) is 0 Å². The minimum atomic E-state index is -0.143. The molecule has 0 bridgehead atoms. The number of aliphatic hydroxyl groups excluding tert-OH is 1. The maximum absolute atomic E-state index is 10.9. The van der Waals surface area contributed by atoms with Crippen molar-refractivity contribution in [3.8, 4) is 0 Å². The van der Waals surface area contributed by atoms with Gasteiger partial charge in [-0.05, 0) is 59.9 Å². The predicted molar refractivity (Wildman–Crippen MR) is 85.0 cm³/mol. The second-order valence-corrected chi connectivity index (χ2v) is 9.53. The van der Waals surface area contributed by atoms with Crippen LogP contribution in [0.3, 0.4) is 0 Å². The SMILES string of the molecule is CC1(C)C(C(O)C2CCOC3(CCSCC3)C2)C1(C)C. The van der Waals surface area contributed by atoms with Gasteiger partial charge in [0, 0.05) is 6.61 Å². The summed E-state index contributed by atoms with van der Waals surface area (Å²) in [6.07, 6.45) is 4.34. The maximum Gasteiger partial charge on any atom is 0.0701 e. The number of thioether (sulfide) groups is 1. The molecule has 20 heavy (non-hydrogen) atoms. The lowest BCUT2D eigenvalue weighted by Crippen LogP contribution is -2.46. The Morgan fingerprint density at radius 3 is 2.25 bits per heavy atom. The van der Waals surface area contributed by atoms with Crippen molar-refractivity contribution in [2.45, 2.75) is 65.1 Å². The highest BCUT2D eigenvalue weighted by molar-refractivity contribution is 7.99. The Morgan fingerprint density at radius 1 is 1.10 bits per heavy atom. The summed E-state index contributed by atoms with van der Waals surface area (Å²) in [5.41, 5.74) is 0.652. The summed E-state index contributed by atoms with van der Waals surface area (Å²) in [4.78, 5) is 0. The topological polar surface area (TPSA) is 29.5 Å². The van der Waals surface area contributed by atoms with Gasteiger partial charge in [0.25, 0.3) is 0 Å². The molecule has 0 amide bonds. The molecule has 2 atom stereocenters. The molecule has 2 heterocycles. The summed E-state index contributed by atoms with van der Waals surface area (Å²) < 4.78 is 6.17. The van der Waals surface area contributed by atoms with E-state index in [1.165, 1.54) is 24.3 Å². The molecule has 2 aliphatic heterocycles. The fourth-order valence-electron chi connectivity index (χ4n) is 4.82. The second kappa shape index (κ2) is 4.89. The van der Waals surface area contributed by atoms with Gasteiger partial charge in [-0.1, -0.05) is 27.7 Å². The molecule has 3 heteroatoms. The van der Waals surface area contributed by atoms with Gasteiger partial charge in [-0.15, -0.1) is 0 Å². The van der Waals surface area contributed by atoms with Crippen LogP contribution < -0.4 is 0 Å². The van der Waals surface area contributed by atoms with Crippen molar-refractivity contribution >= 4 is 11.8 Å². The maximum atomic E-state index is 10.9. The molecule has 3 rings (SSSR count). The van der Waals surface area contributed by atoms with E-state index in [0.717, 1.165) is 19.4 Å². The Balaban J connectivity index is 1.68. The van der Waals surface area contributed by atoms with Crippen LogP contribution in [0.1, 0.15) is 53.4 Å². The van der Waals surface area contributed by atoms with Gasteiger partial charge < -0.3 is 9.84 Å². The van der Waals surface area contributed by atoms with E-state index in [4.69, 9.17) is 4.74 Å². The Morgan fingerprint density at radius 2 is 1.70 bits per heavy atom. The van der Waals surface area contributed by atoms with E-state index in [-0.39, 0.29) is 22.5 Å². The van der Waals surface area contributed by atoms with Crippen molar-refractivity contribution in [1.29, 1.82) is 0 Å². The van der Waals surface area contributed by atoms with Crippen molar-refractivity contribution in [3.63, 3.8) is 0 Å². The number of hydrogen-bond donors (Lipinski definition) is 1. The molecule has 1 N–H and O–H groups in total. The van der Waals surface area contributed by atoms with Crippen LogP contribution in [0.4, 0.5) is 0 Å². The van der Waals surface area contributed by atoms with Crippen LogP contribution in [-0.2, 0) is 4.74 Å². The van der Waals surface area contributed by atoms with Crippen molar-refractivity contribution in [2.24, 2.45) is 22.7 Å². The van der Waals surface area contributed by atoms with E-state index >= 15 is 0 Å². The summed E-state index contributed by atoms with van der Waals surface area (Å²) in [6, 6.07) is 0. The Labute approximate surface area is 128 Å². The normalized spacial score (nSPS) is 36.8. The Bertz CT molecular complexity index is 352. The summed E-state index contributed by atoms with van der Waals surface area (Å²) in [5, 5.41) is 10.9. The average molecular weight is 298 g/mol. The Kier molecular flexibility index (Phi) is 3.71. The van der Waals surface area contributed by atoms with Crippen molar-refractivity contribution < 1.29 is 9.84 Å².